The maximum absolute atomic E-state index is 12.4. The van der Waals surface area contributed by atoms with Gasteiger partial charge in [-0.05, 0) is 23.4 Å². The number of carbonyl (C=O) groups excluding carboxylic acids is 2. The van der Waals surface area contributed by atoms with Gasteiger partial charge in [0.25, 0.3) is 11.7 Å². The molecule has 132 valence electrons. The van der Waals surface area contributed by atoms with Crippen LogP contribution in [0.5, 0.6) is 0 Å². The van der Waals surface area contributed by atoms with Crippen molar-refractivity contribution < 1.29 is 19.4 Å². The summed E-state index contributed by atoms with van der Waals surface area (Å²) in [7, 11) is 0. The van der Waals surface area contributed by atoms with Gasteiger partial charge in [0, 0.05) is 30.9 Å². The van der Waals surface area contributed by atoms with Gasteiger partial charge in [0.05, 0.1) is 0 Å². The minimum Gasteiger partial charge on any atom is -0.407 e. The van der Waals surface area contributed by atoms with Crippen LogP contribution in [0.2, 0.25) is 0 Å². The molecular weight excluding hydrogens is 340 g/mol. The van der Waals surface area contributed by atoms with Crippen molar-refractivity contribution in [3.05, 3.63) is 58.3 Å². The first kappa shape index (κ1) is 17.4. The number of nitrogens with zero attached hydrogens (tertiary/aromatic N) is 1. The Kier molecular flexibility index (Phi) is 5.35. The Morgan fingerprint density at radius 3 is 2.80 bits per heavy atom. The monoisotopic (exact) mass is 360 g/mol. The molecular formula is C18H20N2O4S. The SMILES string of the molecule is O=C(NCCc1cccs1)O[C@]1(O)CCN(Cc2ccccc2)C1=O. The van der Waals surface area contributed by atoms with Gasteiger partial charge in [0.1, 0.15) is 0 Å². The van der Waals surface area contributed by atoms with Gasteiger partial charge in [-0.3, -0.25) is 4.79 Å². The molecule has 1 fully saturated rings. The molecule has 25 heavy (non-hydrogen) atoms. The van der Waals surface area contributed by atoms with E-state index < -0.39 is 17.8 Å². The van der Waals surface area contributed by atoms with Gasteiger partial charge in [-0.2, -0.15) is 0 Å². The number of thiophene rings is 1. The minimum atomic E-state index is -2.08. The zero-order valence-electron chi connectivity index (χ0n) is 13.7. The fourth-order valence-corrected chi connectivity index (χ4v) is 3.43. The van der Waals surface area contributed by atoms with Gasteiger partial charge in [-0.1, -0.05) is 36.4 Å². The van der Waals surface area contributed by atoms with E-state index in [1.165, 1.54) is 4.90 Å². The number of ether oxygens (including phenoxy) is 1. The topological polar surface area (TPSA) is 78.9 Å². The first-order chi connectivity index (χ1) is 12.1. The summed E-state index contributed by atoms with van der Waals surface area (Å²) in [4.78, 5) is 26.9. The van der Waals surface area contributed by atoms with Crippen LogP contribution in [0.1, 0.15) is 16.9 Å². The second-order valence-electron chi connectivity index (χ2n) is 5.89. The van der Waals surface area contributed by atoms with Gasteiger partial charge >= 0.3 is 6.09 Å². The lowest BCUT2D eigenvalue weighted by Gasteiger charge is -2.22. The molecule has 0 radical (unpaired) electrons. The van der Waals surface area contributed by atoms with Crippen molar-refractivity contribution in [1.29, 1.82) is 0 Å². The third-order valence-electron chi connectivity index (χ3n) is 4.04. The summed E-state index contributed by atoms with van der Waals surface area (Å²) in [6.07, 6.45) is -0.0370. The van der Waals surface area contributed by atoms with Crippen molar-refractivity contribution in [2.24, 2.45) is 0 Å². The molecule has 1 aromatic carbocycles. The van der Waals surface area contributed by atoms with E-state index >= 15 is 0 Å². The molecule has 1 saturated heterocycles. The molecule has 0 unspecified atom stereocenters. The van der Waals surface area contributed by atoms with Crippen LogP contribution in [0, 0.1) is 0 Å². The number of hydrogen-bond acceptors (Lipinski definition) is 5. The number of rotatable bonds is 6. The van der Waals surface area contributed by atoms with Crippen LogP contribution < -0.4 is 5.32 Å². The van der Waals surface area contributed by atoms with Crippen LogP contribution in [-0.4, -0.2) is 40.9 Å². The zero-order valence-corrected chi connectivity index (χ0v) is 14.5. The highest BCUT2D eigenvalue weighted by Crippen LogP contribution is 2.26. The predicted molar refractivity (Wildman–Crippen MR) is 93.9 cm³/mol. The third kappa shape index (κ3) is 4.37. The van der Waals surface area contributed by atoms with Crippen LogP contribution in [0.15, 0.2) is 47.8 Å². The zero-order chi connectivity index (χ0) is 17.7. The minimum absolute atomic E-state index is 0.0665. The molecule has 1 aromatic heterocycles. The van der Waals surface area contributed by atoms with Crippen molar-refractivity contribution in [1.82, 2.24) is 10.2 Å². The largest absolute Gasteiger partial charge is 0.410 e. The van der Waals surface area contributed by atoms with Crippen LogP contribution >= 0.6 is 11.3 Å². The standard InChI is InChI=1S/C18H20N2O4S/c21-16-18(23,9-11-20(16)13-14-5-2-1-3-6-14)24-17(22)19-10-8-15-7-4-12-25-15/h1-7,12,23H,8-11,13H2,(H,19,22)/t18-/m1/s1. The highest BCUT2D eigenvalue weighted by Gasteiger charge is 2.48. The average molecular weight is 360 g/mol. The number of nitrogens with one attached hydrogen (secondary N) is 1. The molecule has 1 aliphatic rings. The molecule has 2 heterocycles. The Hall–Kier alpha value is -2.38. The van der Waals surface area contributed by atoms with Crippen LogP contribution in [0.3, 0.4) is 0 Å². The Morgan fingerprint density at radius 1 is 1.28 bits per heavy atom. The summed E-state index contributed by atoms with van der Waals surface area (Å²) in [5.41, 5.74) is 0.959. The fourth-order valence-electron chi connectivity index (χ4n) is 2.72. The summed E-state index contributed by atoms with van der Waals surface area (Å²) < 4.78 is 5.02. The summed E-state index contributed by atoms with van der Waals surface area (Å²) in [6, 6.07) is 13.4. The number of likely N-dealkylation sites (tertiary alicyclic amines) is 1. The van der Waals surface area contributed by atoms with E-state index in [0.717, 1.165) is 10.4 Å². The number of aliphatic hydroxyl groups is 1. The smallest absolute Gasteiger partial charge is 0.407 e. The number of carbonyl (C=O) groups is 2. The lowest BCUT2D eigenvalue weighted by atomic mass is 10.2. The highest BCUT2D eigenvalue weighted by molar-refractivity contribution is 7.09. The second-order valence-corrected chi connectivity index (χ2v) is 6.92. The first-order valence-corrected chi connectivity index (χ1v) is 9.00. The molecule has 2 amide bonds. The van der Waals surface area contributed by atoms with Gasteiger partial charge < -0.3 is 20.1 Å². The molecule has 0 spiro atoms. The van der Waals surface area contributed by atoms with E-state index in [1.54, 1.807) is 11.3 Å². The molecule has 3 rings (SSSR count). The number of hydrogen-bond donors (Lipinski definition) is 2. The van der Waals surface area contributed by atoms with Crippen LogP contribution in [0.25, 0.3) is 0 Å². The normalized spacial score (nSPS) is 19.9. The first-order valence-electron chi connectivity index (χ1n) is 8.12. The molecule has 1 aliphatic heterocycles. The summed E-state index contributed by atoms with van der Waals surface area (Å²) in [5, 5.41) is 14.9. The van der Waals surface area contributed by atoms with Gasteiger partial charge in [-0.15, -0.1) is 11.3 Å². The summed E-state index contributed by atoms with van der Waals surface area (Å²) >= 11 is 1.61. The van der Waals surface area contributed by atoms with Crippen LogP contribution in [0.4, 0.5) is 4.79 Å². The Labute approximate surface area is 150 Å². The van der Waals surface area contributed by atoms with Crippen molar-refractivity contribution in [3.63, 3.8) is 0 Å². The van der Waals surface area contributed by atoms with Gasteiger partial charge in [0.15, 0.2) is 0 Å². The molecule has 6 nitrogen and oxygen atoms in total. The molecule has 2 N–H and O–H groups in total. The maximum Gasteiger partial charge on any atom is 0.410 e. The van der Waals surface area contributed by atoms with E-state index in [-0.39, 0.29) is 6.42 Å². The van der Waals surface area contributed by atoms with Crippen molar-refractivity contribution in [2.45, 2.75) is 25.2 Å². The van der Waals surface area contributed by atoms with E-state index in [1.807, 2.05) is 47.8 Å². The van der Waals surface area contributed by atoms with Gasteiger partial charge in [-0.25, -0.2) is 4.79 Å². The number of alkyl carbamates (subject to hydrolysis) is 1. The Morgan fingerprint density at radius 2 is 2.08 bits per heavy atom. The predicted octanol–water partition coefficient (Wildman–Crippen LogP) is 2.14. The molecule has 0 bridgehead atoms. The number of benzene rings is 1. The van der Waals surface area contributed by atoms with Crippen molar-refractivity contribution in [3.8, 4) is 0 Å². The van der Waals surface area contributed by atoms with E-state index in [9.17, 15) is 14.7 Å². The lowest BCUT2D eigenvalue weighted by Crippen LogP contribution is -2.46. The Bertz CT molecular complexity index is 720. The second kappa shape index (κ2) is 7.67. The lowest BCUT2D eigenvalue weighted by molar-refractivity contribution is -0.182. The van der Waals surface area contributed by atoms with E-state index in [0.29, 0.717) is 26.1 Å². The molecule has 0 saturated carbocycles. The Balaban J connectivity index is 1.49. The quantitative estimate of drug-likeness (QED) is 0.774. The van der Waals surface area contributed by atoms with Crippen molar-refractivity contribution in [2.75, 3.05) is 13.1 Å². The maximum atomic E-state index is 12.4. The van der Waals surface area contributed by atoms with Gasteiger partial charge in [0.2, 0.25) is 0 Å². The van der Waals surface area contributed by atoms with E-state index in [2.05, 4.69) is 5.32 Å². The molecule has 2 aromatic rings. The van der Waals surface area contributed by atoms with Crippen molar-refractivity contribution >= 4 is 23.3 Å². The molecule has 7 heteroatoms. The highest BCUT2D eigenvalue weighted by atomic mass is 32.1. The molecule has 1 atom stereocenters. The third-order valence-corrected chi connectivity index (χ3v) is 4.98. The fraction of sp³-hybridized carbons (Fsp3) is 0.333. The molecule has 0 aliphatic carbocycles. The van der Waals surface area contributed by atoms with Crippen LogP contribution in [-0.2, 0) is 22.5 Å². The summed E-state index contributed by atoms with van der Waals surface area (Å²) in [6.45, 7) is 1.11. The summed E-state index contributed by atoms with van der Waals surface area (Å²) in [5.74, 6) is -2.66. The number of amides is 2. The van der Waals surface area contributed by atoms with E-state index in [4.69, 9.17) is 4.74 Å². The average Bonchev–Trinajstić information content (AvgIpc) is 3.20.